The molecule has 0 spiro atoms. The fraction of sp³-hybridized carbons (Fsp3) is 0.364. The summed E-state index contributed by atoms with van der Waals surface area (Å²) in [5.74, 6) is 0.0917. The summed E-state index contributed by atoms with van der Waals surface area (Å²) in [6.07, 6.45) is 0.653. The minimum Gasteiger partial charge on any atom is -0.396 e. The largest absolute Gasteiger partial charge is 0.396 e. The van der Waals surface area contributed by atoms with Crippen molar-refractivity contribution < 1.29 is 9.90 Å². The zero-order valence-corrected chi connectivity index (χ0v) is 7.94. The number of nitrogens with zero attached hydrogens (tertiary/aromatic N) is 1. The summed E-state index contributed by atoms with van der Waals surface area (Å²) < 4.78 is 0. The van der Waals surface area contributed by atoms with Crippen LogP contribution in [0.4, 0.5) is 0 Å². The van der Waals surface area contributed by atoms with Crippen LogP contribution in [0, 0.1) is 0 Å². The molecule has 0 saturated carbocycles. The highest BCUT2D eigenvalue weighted by Crippen LogP contribution is 2.21. The van der Waals surface area contributed by atoms with Gasteiger partial charge in [0.05, 0.1) is 0 Å². The van der Waals surface area contributed by atoms with Crippen LogP contribution in [0.15, 0.2) is 24.3 Å². The van der Waals surface area contributed by atoms with Gasteiger partial charge in [-0.05, 0) is 18.1 Å². The fourth-order valence-corrected chi connectivity index (χ4v) is 1.76. The van der Waals surface area contributed by atoms with Crippen molar-refractivity contribution in [2.45, 2.75) is 13.0 Å². The second-order valence-electron chi connectivity index (χ2n) is 3.46. The predicted molar refractivity (Wildman–Crippen MR) is 52.9 cm³/mol. The molecule has 1 N–H and O–H groups in total. The van der Waals surface area contributed by atoms with Gasteiger partial charge in [0.15, 0.2) is 0 Å². The minimum atomic E-state index is 0.0917. The lowest BCUT2D eigenvalue weighted by atomic mass is 10.1. The first-order chi connectivity index (χ1) is 6.83. The Labute approximate surface area is 83.0 Å². The molecule has 1 aromatic rings. The van der Waals surface area contributed by atoms with Crippen LogP contribution in [-0.4, -0.2) is 29.1 Å². The second kappa shape index (κ2) is 3.80. The highest BCUT2D eigenvalue weighted by Gasteiger charge is 2.25. The molecule has 0 atom stereocenters. The van der Waals surface area contributed by atoms with Gasteiger partial charge in [-0.3, -0.25) is 4.79 Å². The quantitative estimate of drug-likeness (QED) is 0.775. The maximum Gasteiger partial charge on any atom is 0.254 e. The Morgan fingerprint density at radius 3 is 2.86 bits per heavy atom. The van der Waals surface area contributed by atoms with Crippen LogP contribution < -0.4 is 0 Å². The zero-order valence-electron chi connectivity index (χ0n) is 7.94. The number of aliphatic hydroxyl groups excluding tert-OH is 1. The molecule has 0 bridgehead atoms. The Kier molecular flexibility index (Phi) is 2.50. The van der Waals surface area contributed by atoms with Crippen molar-refractivity contribution in [3.8, 4) is 0 Å². The van der Waals surface area contributed by atoms with E-state index in [-0.39, 0.29) is 12.5 Å². The molecule has 0 radical (unpaired) electrons. The van der Waals surface area contributed by atoms with Crippen molar-refractivity contribution in [1.29, 1.82) is 0 Å². The van der Waals surface area contributed by atoms with E-state index in [4.69, 9.17) is 5.11 Å². The summed E-state index contributed by atoms with van der Waals surface area (Å²) in [5.41, 5.74) is 1.90. The molecule has 14 heavy (non-hydrogen) atoms. The molecule has 0 aliphatic carbocycles. The first kappa shape index (κ1) is 9.21. The summed E-state index contributed by atoms with van der Waals surface area (Å²) >= 11 is 0. The second-order valence-corrected chi connectivity index (χ2v) is 3.46. The molecule has 1 aliphatic heterocycles. The van der Waals surface area contributed by atoms with E-state index < -0.39 is 0 Å². The average molecular weight is 191 g/mol. The number of benzene rings is 1. The molecular weight excluding hydrogens is 178 g/mol. The van der Waals surface area contributed by atoms with Crippen LogP contribution in [0.3, 0.4) is 0 Å². The third kappa shape index (κ3) is 1.51. The number of carbonyl (C=O) groups excluding carboxylic acids is 1. The highest BCUT2D eigenvalue weighted by molar-refractivity contribution is 5.98. The van der Waals surface area contributed by atoms with E-state index in [1.54, 1.807) is 4.90 Å². The molecule has 1 amide bonds. The van der Waals surface area contributed by atoms with Gasteiger partial charge in [-0.1, -0.05) is 18.2 Å². The topological polar surface area (TPSA) is 40.5 Å². The molecule has 3 nitrogen and oxygen atoms in total. The number of aliphatic hydroxyl groups is 1. The van der Waals surface area contributed by atoms with Gasteiger partial charge in [-0.15, -0.1) is 0 Å². The fourth-order valence-electron chi connectivity index (χ4n) is 1.76. The lowest BCUT2D eigenvalue weighted by Gasteiger charge is -2.13. The maximum atomic E-state index is 11.7. The summed E-state index contributed by atoms with van der Waals surface area (Å²) in [4.78, 5) is 13.5. The van der Waals surface area contributed by atoms with Crippen LogP contribution in [0.25, 0.3) is 0 Å². The smallest absolute Gasteiger partial charge is 0.254 e. The van der Waals surface area contributed by atoms with Crippen LogP contribution in [0.1, 0.15) is 22.3 Å². The Balaban J connectivity index is 2.13. The summed E-state index contributed by atoms with van der Waals surface area (Å²) in [5, 5.41) is 8.69. The van der Waals surface area contributed by atoms with Crippen LogP contribution in [-0.2, 0) is 6.54 Å². The summed E-state index contributed by atoms with van der Waals surface area (Å²) in [6, 6.07) is 7.66. The molecule has 0 saturated heterocycles. The molecule has 74 valence electrons. The van der Waals surface area contributed by atoms with Gasteiger partial charge in [0.25, 0.3) is 5.91 Å². The van der Waals surface area contributed by atoms with E-state index >= 15 is 0 Å². The number of hydrogen-bond donors (Lipinski definition) is 1. The molecule has 0 aromatic heterocycles. The van der Waals surface area contributed by atoms with Crippen molar-refractivity contribution >= 4 is 5.91 Å². The number of amides is 1. The molecule has 0 unspecified atom stereocenters. The third-order valence-electron chi connectivity index (χ3n) is 2.48. The molecular formula is C11H13NO2. The molecule has 1 aliphatic rings. The van der Waals surface area contributed by atoms with E-state index in [2.05, 4.69) is 0 Å². The molecule has 3 heteroatoms. The monoisotopic (exact) mass is 191 g/mol. The van der Waals surface area contributed by atoms with E-state index in [9.17, 15) is 4.79 Å². The van der Waals surface area contributed by atoms with Crippen molar-refractivity contribution in [2.75, 3.05) is 13.2 Å². The van der Waals surface area contributed by atoms with Crippen LogP contribution in [0.5, 0.6) is 0 Å². The Morgan fingerprint density at radius 1 is 1.36 bits per heavy atom. The molecule has 1 heterocycles. The Morgan fingerprint density at radius 2 is 2.14 bits per heavy atom. The highest BCUT2D eigenvalue weighted by atomic mass is 16.3. The average Bonchev–Trinajstić information content (AvgIpc) is 2.54. The van der Waals surface area contributed by atoms with Gasteiger partial charge in [0, 0.05) is 25.3 Å². The van der Waals surface area contributed by atoms with Crippen molar-refractivity contribution in [3.63, 3.8) is 0 Å². The third-order valence-corrected chi connectivity index (χ3v) is 2.48. The van der Waals surface area contributed by atoms with E-state index in [1.165, 1.54) is 0 Å². The van der Waals surface area contributed by atoms with E-state index in [0.717, 1.165) is 11.1 Å². The minimum absolute atomic E-state index is 0.0917. The Bertz CT molecular complexity index is 349. The summed E-state index contributed by atoms with van der Waals surface area (Å²) in [7, 11) is 0. The SMILES string of the molecule is O=C1c2ccccc2CN1CCCO. The van der Waals surface area contributed by atoms with E-state index in [0.29, 0.717) is 19.5 Å². The van der Waals surface area contributed by atoms with Gasteiger partial charge in [-0.25, -0.2) is 0 Å². The summed E-state index contributed by atoms with van der Waals surface area (Å²) in [6.45, 7) is 1.47. The van der Waals surface area contributed by atoms with Gasteiger partial charge >= 0.3 is 0 Å². The first-order valence-corrected chi connectivity index (χ1v) is 4.81. The molecule has 1 aromatic carbocycles. The standard InChI is InChI=1S/C11H13NO2/c13-7-3-6-12-8-9-4-1-2-5-10(9)11(12)14/h1-2,4-5,13H,3,6-8H2. The van der Waals surface area contributed by atoms with Crippen LogP contribution >= 0.6 is 0 Å². The Hall–Kier alpha value is -1.35. The first-order valence-electron chi connectivity index (χ1n) is 4.81. The van der Waals surface area contributed by atoms with Crippen molar-refractivity contribution in [3.05, 3.63) is 35.4 Å². The number of fused-ring (bicyclic) bond motifs is 1. The van der Waals surface area contributed by atoms with Gasteiger partial charge in [0.1, 0.15) is 0 Å². The number of carbonyl (C=O) groups is 1. The lowest BCUT2D eigenvalue weighted by molar-refractivity contribution is 0.0768. The normalized spacial score (nSPS) is 14.6. The maximum absolute atomic E-state index is 11.7. The number of rotatable bonds is 3. The van der Waals surface area contributed by atoms with E-state index in [1.807, 2.05) is 24.3 Å². The van der Waals surface area contributed by atoms with Gasteiger partial charge < -0.3 is 10.0 Å². The van der Waals surface area contributed by atoms with Gasteiger partial charge in [0.2, 0.25) is 0 Å². The van der Waals surface area contributed by atoms with Gasteiger partial charge in [-0.2, -0.15) is 0 Å². The van der Waals surface area contributed by atoms with Crippen molar-refractivity contribution in [1.82, 2.24) is 4.90 Å². The zero-order chi connectivity index (χ0) is 9.97. The lowest BCUT2D eigenvalue weighted by Crippen LogP contribution is -2.25. The number of hydrogen-bond acceptors (Lipinski definition) is 2. The predicted octanol–water partition coefficient (Wildman–Crippen LogP) is 1.02. The molecule has 0 fully saturated rings. The van der Waals surface area contributed by atoms with Crippen molar-refractivity contribution in [2.24, 2.45) is 0 Å². The molecule has 2 rings (SSSR count). The van der Waals surface area contributed by atoms with Crippen LogP contribution in [0.2, 0.25) is 0 Å².